The molecule has 0 spiro atoms. The lowest BCUT2D eigenvalue weighted by molar-refractivity contribution is 0.414. The van der Waals surface area contributed by atoms with Crippen molar-refractivity contribution in [1.82, 2.24) is 4.90 Å². The molecule has 0 unspecified atom stereocenters. The second-order valence-electron chi connectivity index (χ2n) is 6.39. The Bertz CT molecular complexity index is 1120. The second kappa shape index (κ2) is 7.00. The number of hydrogen-bond donors (Lipinski definition) is 0. The molecule has 0 aliphatic carbocycles. The molecule has 0 aromatic heterocycles. The molecule has 2 aromatic rings. The summed E-state index contributed by atoms with van der Waals surface area (Å²) in [5, 5.41) is 0.495. The Labute approximate surface area is 169 Å². The van der Waals surface area contributed by atoms with Crippen molar-refractivity contribution in [3.63, 3.8) is 0 Å². The molecule has 0 fully saturated rings. The summed E-state index contributed by atoms with van der Waals surface area (Å²) in [6.45, 7) is 0.464. The number of methoxy groups -OCH3 is 1. The Hall–Kier alpha value is -2.77. The fourth-order valence-corrected chi connectivity index (χ4v) is 4.66. The first-order valence-corrected chi connectivity index (χ1v) is 10.4. The number of sulfonamides is 1. The molecular weight excluding hydrogens is 398 g/mol. The maximum Gasteiger partial charge on any atom is 0.267 e. The number of rotatable bonds is 3. The summed E-state index contributed by atoms with van der Waals surface area (Å²) in [6.07, 6.45) is 5.10. The lowest BCUT2D eigenvalue weighted by Crippen LogP contribution is -2.36. The van der Waals surface area contributed by atoms with Crippen molar-refractivity contribution in [2.24, 2.45) is 4.99 Å². The van der Waals surface area contributed by atoms with E-state index in [0.29, 0.717) is 28.8 Å². The zero-order chi connectivity index (χ0) is 19.9. The third-order valence-electron chi connectivity index (χ3n) is 4.66. The smallest absolute Gasteiger partial charge is 0.267 e. The lowest BCUT2D eigenvalue weighted by Gasteiger charge is -2.27. The first kappa shape index (κ1) is 18.6. The SMILES string of the molecule is COc1ccc(CN2C=CC=C3C2=Nc2cc(Cl)ccc2N(C)S3(=O)=O)cc1. The topological polar surface area (TPSA) is 62.2 Å². The van der Waals surface area contributed by atoms with Crippen LogP contribution in [0.1, 0.15) is 5.56 Å². The lowest BCUT2D eigenvalue weighted by atomic mass is 10.2. The Morgan fingerprint density at radius 1 is 1.14 bits per heavy atom. The highest BCUT2D eigenvalue weighted by Gasteiger charge is 2.35. The molecule has 2 aliphatic rings. The number of aliphatic imine (C=N–C) groups is 1. The van der Waals surface area contributed by atoms with Crippen molar-refractivity contribution in [1.29, 1.82) is 0 Å². The summed E-state index contributed by atoms with van der Waals surface area (Å²) in [5.74, 6) is 1.13. The van der Waals surface area contributed by atoms with Crippen LogP contribution < -0.4 is 9.04 Å². The number of allylic oxidation sites excluding steroid dienone is 2. The van der Waals surface area contributed by atoms with Crippen LogP contribution in [-0.4, -0.2) is 33.3 Å². The van der Waals surface area contributed by atoms with E-state index in [1.807, 2.05) is 35.4 Å². The van der Waals surface area contributed by atoms with Gasteiger partial charge in [0.1, 0.15) is 10.7 Å². The van der Waals surface area contributed by atoms with E-state index in [4.69, 9.17) is 16.3 Å². The van der Waals surface area contributed by atoms with Gasteiger partial charge in [-0.3, -0.25) is 4.31 Å². The van der Waals surface area contributed by atoms with Gasteiger partial charge in [0.05, 0.1) is 18.5 Å². The van der Waals surface area contributed by atoms with Crippen molar-refractivity contribution in [2.45, 2.75) is 6.54 Å². The molecule has 0 bridgehead atoms. The first-order valence-electron chi connectivity index (χ1n) is 8.56. The maximum absolute atomic E-state index is 13.2. The van der Waals surface area contributed by atoms with Crippen molar-refractivity contribution in [3.05, 3.63) is 76.3 Å². The van der Waals surface area contributed by atoms with Crippen LogP contribution in [0.4, 0.5) is 11.4 Å². The van der Waals surface area contributed by atoms with E-state index in [0.717, 1.165) is 11.3 Å². The van der Waals surface area contributed by atoms with Gasteiger partial charge in [0.15, 0.2) is 5.84 Å². The third kappa shape index (κ3) is 3.16. The predicted molar refractivity (Wildman–Crippen MR) is 112 cm³/mol. The average molecular weight is 416 g/mol. The number of amidine groups is 1. The Morgan fingerprint density at radius 3 is 2.61 bits per heavy atom. The third-order valence-corrected chi connectivity index (χ3v) is 6.69. The summed E-state index contributed by atoms with van der Waals surface area (Å²) < 4.78 is 32.8. The highest BCUT2D eigenvalue weighted by molar-refractivity contribution is 7.97. The van der Waals surface area contributed by atoms with E-state index in [1.165, 1.54) is 11.4 Å². The van der Waals surface area contributed by atoms with Crippen molar-refractivity contribution in [3.8, 4) is 5.75 Å². The highest BCUT2D eigenvalue weighted by atomic mass is 35.5. The number of halogens is 1. The minimum absolute atomic E-state index is 0.151. The van der Waals surface area contributed by atoms with E-state index in [1.54, 1.807) is 37.5 Å². The van der Waals surface area contributed by atoms with Gasteiger partial charge in [0.25, 0.3) is 10.0 Å². The van der Waals surface area contributed by atoms with Crippen LogP contribution in [0, 0.1) is 0 Å². The van der Waals surface area contributed by atoms with Crippen LogP contribution in [0.2, 0.25) is 5.02 Å². The molecule has 2 aliphatic heterocycles. The summed E-state index contributed by atoms with van der Waals surface area (Å²) in [4.78, 5) is 6.64. The van der Waals surface area contributed by atoms with Gasteiger partial charge in [-0.1, -0.05) is 23.7 Å². The van der Waals surface area contributed by atoms with Gasteiger partial charge >= 0.3 is 0 Å². The minimum atomic E-state index is -3.75. The zero-order valence-corrected chi connectivity index (χ0v) is 16.9. The fourth-order valence-electron chi connectivity index (χ4n) is 3.14. The normalized spacial score (nSPS) is 17.2. The molecule has 2 heterocycles. The van der Waals surface area contributed by atoms with Crippen LogP contribution in [0.15, 0.2) is 70.7 Å². The first-order chi connectivity index (χ1) is 13.4. The molecule has 28 heavy (non-hydrogen) atoms. The largest absolute Gasteiger partial charge is 0.497 e. The van der Waals surface area contributed by atoms with Crippen LogP contribution in [0.25, 0.3) is 0 Å². The fraction of sp³-hybridized carbons (Fsp3) is 0.150. The second-order valence-corrected chi connectivity index (χ2v) is 8.76. The van der Waals surface area contributed by atoms with E-state index < -0.39 is 10.0 Å². The quantitative estimate of drug-likeness (QED) is 0.758. The summed E-state index contributed by atoms with van der Waals surface area (Å²) in [7, 11) is -0.617. The van der Waals surface area contributed by atoms with E-state index in [-0.39, 0.29) is 4.91 Å². The summed E-state index contributed by atoms with van der Waals surface area (Å²) in [5.41, 5.74) is 1.99. The molecule has 0 saturated carbocycles. The molecule has 0 N–H and O–H groups in total. The van der Waals surface area contributed by atoms with E-state index in [9.17, 15) is 8.42 Å². The summed E-state index contributed by atoms with van der Waals surface area (Å²) >= 11 is 6.13. The maximum atomic E-state index is 13.2. The van der Waals surface area contributed by atoms with Gasteiger partial charge in [0, 0.05) is 24.8 Å². The monoisotopic (exact) mass is 415 g/mol. The van der Waals surface area contributed by atoms with Crippen molar-refractivity contribution < 1.29 is 13.2 Å². The number of fused-ring (bicyclic) bond motifs is 2. The molecule has 0 amide bonds. The number of ether oxygens (including phenoxy) is 1. The molecular formula is C20H18ClN3O3S. The Kier molecular flexibility index (Phi) is 4.64. The minimum Gasteiger partial charge on any atom is -0.497 e. The van der Waals surface area contributed by atoms with Gasteiger partial charge < -0.3 is 9.64 Å². The van der Waals surface area contributed by atoms with Crippen LogP contribution >= 0.6 is 11.6 Å². The Morgan fingerprint density at radius 2 is 1.89 bits per heavy atom. The highest BCUT2D eigenvalue weighted by Crippen LogP contribution is 2.38. The van der Waals surface area contributed by atoms with Crippen molar-refractivity contribution >= 4 is 38.8 Å². The van der Waals surface area contributed by atoms with Gasteiger partial charge in [-0.2, -0.15) is 0 Å². The van der Waals surface area contributed by atoms with Crippen LogP contribution in [-0.2, 0) is 16.6 Å². The van der Waals surface area contributed by atoms with Gasteiger partial charge in [-0.05, 0) is 48.0 Å². The number of nitrogens with zero attached hydrogens (tertiary/aromatic N) is 3. The standard InChI is InChI=1S/C20H18ClN3O3S/c1-23-18-10-7-15(21)12-17(18)22-20-19(28(23,25)26)4-3-11-24(20)13-14-5-8-16(27-2)9-6-14/h3-12H,13H2,1-2H3. The number of anilines is 1. The number of hydrogen-bond acceptors (Lipinski definition) is 5. The molecule has 144 valence electrons. The van der Waals surface area contributed by atoms with Crippen LogP contribution in [0.5, 0.6) is 5.75 Å². The zero-order valence-electron chi connectivity index (χ0n) is 15.3. The summed E-state index contributed by atoms with van der Waals surface area (Å²) in [6, 6.07) is 12.6. The number of benzene rings is 2. The van der Waals surface area contributed by atoms with E-state index >= 15 is 0 Å². The molecule has 0 saturated heterocycles. The average Bonchev–Trinajstić information content (AvgIpc) is 2.76. The predicted octanol–water partition coefficient (Wildman–Crippen LogP) is 4.07. The Balaban J connectivity index is 1.80. The van der Waals surface area contributed by atoms with Crippen molar-refractivity contribution in [2.75, 3.05) is 18.5 Å². The molecule has 4 rings (SSSR count). The van der Waals surface area contributed by atoms with Gasteiger partial charge in [0.2, 0.25) is 0 Å². The van der Waals surface area contributed by atoms with Gasteiger partial charge in [-0.25, -0.2) is 13.4 Å². The molecule has 0 radical (unpaired) electrons. The van der Waals surface area contributed by atoms with Crippen LogP contribution in [0.3, 0.4) is 0 Å². The molecule has 2 aromatic carbocycles. The molecule has 6 nitrogen and oxygen atoms in total. The van der Waals surface area contributed by atoms with E-state index in [2.05, 4.69) is 4.99 Å². The van der Waals surface area contributed by atoms with Gasteiger partial charge in [-0.15, -0.1) is 0 Å². The molecule has 8 heteroatoms. The molecule has 0 atom stereocenters.